The second-order valence-electron chi connectivity index (χ2n) is 25.3. The van der Waals surface area contributed by atoms with E-state index in [4.69, 9.17) is 48.4 Å². The molecular formula is C72H61Cl3F6N12O16P+. The zero-order valence-electron chi connectivity index (χ0n) is 57.2. The highest BCUT2D eigenvalue weighted by Gasteiger charge is 2.51. The maximum atomic E-state index is 15.2. The number of carbonyl (C=O) groups is 9. The van der Waals surface area contributed by atoms with Crippen LogP contribution in [0.3, 0.4) is 0 Å². The number of aliphatic hydroxyl groups is 3. The van der Waals surface area contributed by atoms with E-state index in [1.54, 1.807) is 57.2 Å². The number of hydrogen-bond acceptors (Lipinski definition) is 16. The van der Waals surface area contributed by atoms with Crippen molar-refractivity contribution in [2.45, 2.75) is 57.0 Å². The predicted octanol–water partition coefficient (Wildman–Crippen LogP) is 9.30. The quantitative estimate of drug-likeness (QED) is 0.00986. The third kappa shape index (κ3) is 15.8. The predicted molar refractivity (Wildman–Crippen MR) is 386 cm³/mol. The lowest BCUT2D eigenvalue weighted by molar-refractivity contribution is -0.134. The smallest absolute Gasteiger partial charge is 0.394 e. The van der Waals surface area contributed by atoms with Gasteiger partial charge in [0.1, 0.15) is 55.0 Å². The first kappa shape index (κ1) is 78.6. The van der Waals surface area contributed by atoms with E-state index in [0.29, 0.717) is 132 Å². The van der Waals surface area contributed by atoms with E-state index in [1.165, 1.54) is 36.8 Å². The molecule has 9 aromatic rings. The van der Waals surface area contributed by atoms with Crippen LogP contribution in [0.25, 0.3) is 50.9 Å². The maximum absolute atomic E-state index is 15.2. The minimum absolute atomic E-state index is 0.353. The fourth-order valence-corrected chi connectivity index (χ4v) is 14.2. The van der Waals surface area contributed by atoms with Crippen LogP contribution in [0, 0.1) is 55.7 Å². The minimum atomic E-state index is -5.38. The van der Waals surface area contributed by atoms with E-state index < -0.39 is 206 Å². The Morgan fingerprint density at radius 1 is 0.436 bits per heavy atom. The van der Waals surface area contributed by atoms with Crippen LogP contribution in [-0.4, -0.2) is 161 Å². The van der Waals surface area contributed by atoms with Crippen molar-refractivity contribution < 1.29 is 103 Å². The van der Waals surface area contributed by atoms with Gasteiger partial charge in [0, 0.05) is 66.5 Å². The van der Waals surface area contributed by atoms with Crippen molar-refractivity contribution in [1.29, 1.82) is 0 Å². The van der Waals surface area contributed by atoms with Crippen molar-refractivity contribution in [3.63, 3.8) is 0 Å². The zero-order chi connectivity index (χ0) is 79.1. The molecule has 6 aromatic carbocycles. The Bertz CT molecular complexity index is 4900. The summed E-state index contributed by atoms with van der Waals surface area (Å²) in [5.74, 6) is -16.6. The van der Waals surface area contributed by atoms with Crippen LogP contribution >= 0.6 is 43.0 Å². The Labute approximate surface area is 632 Å². The van der Waals surface area contributed by atoms with E-state index in [-0.39, 0.29) is 0 Å². The molecule has 12 amide bonds. The average molecular weight is 1600 g/mol. The van der Waals surface area contributed by atoms with Gasteiger partial charge in [-0.15, -0.1) is 0 Å². The van der Waals surface area contributed by atoms with Gasteiger partial charge in [0.25, 0.3) is 17.7 Å². The molecule has 3 aliphatic heterocycles. The summed E-state index contributed by atoms with van der Waals surface area (Å²) in [4.78, 5) is 152. The Morgan fingerprint density at radius 3 is 0.945 bits per heavy atom. The van der Waals surface area contributed by atoms with Crippen LogP contribution in [0.1, 0.15) is 68.2 Å². The number of aromatic nitrogens is 3. The minimum Gasteiger partial charge on any atom is -0.394 e. The molecule has 0 saturated carbocycles. The first-order chi connectivity index (χ1) is 52.4. The monoisotopic (exact) mass is 1600 g/mol. The summed E-state index contributed by atoms with van der Waals surface area (Å²) < 4.78 is 106. The molecule has 12 rings (SSSR count). The molecule has 3 saturated heterocycles. The van der Waals surface area contributed by atoms with Gasteiger partial charge >= 0.3 is 26.3 Å². The molecule has 0 bridgehead atoms. The van der Waals surface area contributed by atoms with Crippen molar-refractivity contribution in [3.05, 3.63) is 227 Å². The van der Waals surface area contributed by atoms with Gasteiger partial charge < -0.3 is 62.2 Å². The summed E-state index contributed by atoms with van der Waals surface area (Å²) in [6.45, 7) is -1.98. The topological polar surface area (TPSA) is 392 Å². The molecule has 6 heterocycles. The summed E-state index contributed by atoms with van der Waals surface area (Å²) >= 11 is 19.0. The number of imide groups is 3. The number of nitrogens with one attached hydrogen (secondary N) is 9. The van der Waals surface area contributed by atoms with Crippen molar-refractivity contribution in [3.8, 4) is 0 Å². The summed E-state index contributed by atoms with van der Waals surface area (Å²) in [5.41, 5.74) is 1.90. The van der Waals surface area contributed by atoms with Crippen LogP contribution in [0.15, 0.2) is 127 Å². The van der Waals surface area contributed by atoms with Crippen molar-refractivity contribution >= 4 is 147 Å². The number of carbonyl (C=O) groups excluding carboxylic acids is 9. The third-order valence-corrected chi connectivity index (χ3v) is 20.8. The molecule has 0 spiro atoms. The van der Waals surface area contributed by atoms with E-state index >= 15 is 13.2 Å². The SMILES string of the molecule is Cc1c(Cl)ccc2c(/C=C3\NC(=O)N(C(C(=O)NC(CO)CO[P+](O)(OCC(CO)NC(=O)C(c4ccc(F)c(F)c4)N4C(=O)N/C(=C\c5c[nH]c6c(C)c(Cl)ccc56)C4=O)OCC(CO)NC(=O)C(c4ccc(F)c(F)c4)N4C(=O)N/C(=C\c5c[nH]c6c(C)c(Cl)ccc56)C4=O)c4ccc(F)c(F)c4)C3=O)c[nH]c12. The number of aromatic amines is 3. The van der Waals surface area contributed by atoms with E-state index in [9.17, 15) is 76.5 Å². The van der Waals surface area contributed by atoms with Gasteiger partial charge in [-0.05, 0) is 127 Å². The summed E-state index contributed by atoms with van der Waals surface area (Å²) in [6.07, 6.45) is 8.25. The fourth-order valence-electron chi connectivity index (χ4n) is 12.4. The molecule has 6 atom stereocenters. The van der Waals surface area contributed by atoms with Crippen LogP contribution < -0.4 is 31.9 Å². The van der Waals surface area contributed by atoms with Crippen LogP contribution in [0.4, 0.5) is 40.7 Å². The van der Waals surface area contributed by atoms with Gasteiger partial charge in [0.15, 0.2) is 34.9 Å². The largest absolute Gasteiger partial charge is 0.572 e. The number of amides is 12. The molecule has 572 valence electrons. The normalized spacial score (nSPS) is 17.3. The number of aryl methyl sites for hydroxylation is 3. The summed E-state index contributed by atoms with van der Waals surface area (Å²) in [5, 5.41) is 49.4. The van der Waals surface area contributed by atoms with Gasteiger partial charge in [0.05, 0.1) is 54.5 Å². The van der Waals surface area contributed by atoms with Crippen LogP contribution in [0.5, 0.6) is 0 Å². The van der Waals surface area contributed by atoms with Crippen LogP contribution in [0.2, 0.25) is 15.1 Å². The molecular weight excluding hydrogens is 1540 g/mol. The number of nitrogens with zero attached hydrogens (tertiary/aromatic N) is 3. The standard InChI is InChI=1S/C72H60Cl3F6N12O16P/c1-31-46(73)10-7-43-37(22-82-58(31)43)19-55-67(100)91(70(103)88-55)61(34-4-13-49(76)52(79)16-34)64(97)85-40(25-94)28-107-110(106,108-29-41(26-95)86-65(98)62(35-5-14-50(77)53(80)17-35)92-68(101)56(89-71(92)104)20-38-23-83-59-32(2)47(74)11-8-44(38)59)109-30-42(27-96)87-66(99)63(36-6-15-51(78)54(81)18-36)93-69(102)57(90-72(93)105)21-39-24-84-60-33(3)48(75)12-9-45(39)60/h4-24,40-42,61-63,94-96,106H,25-30H2,1-3H3,(H8-,82,83,84,85,86,87,88,89,90,97,98,99,100,101,102,103,104,105)/p+1. The molecule has 3 aliphatic rings. The molecule has 3 fully saturated rings. The zero-order valence-corrected chi connectivity index (χ0v) is 60.4. The molecule has 110 heavy (non-hydrogen) atoms. The van der Waals surface area contributed by atoms with Gasteiger partial charge in [0.2, 0.25) is 17.7 Å². The lowest BCUT2D eigenvalue weighted by Crippen LogP contribution is -2.50. The van der Waals surface area contributed by atoms with Gasteiger partial charge in [-0.2, -0.15) is 18.5 Å². The fraction of sp³-hybridized carbons (Fsp3) is 0.208. The molecule has 3 aromatic heterocycles. The highest BCUT2D eigenvalue weighted by Crippen LogP contribution is 2.58. The van der Waals surface area contributed by atoms with E-state index in [1.807, 2.05) is 0 Å². The number of hydrogen-bond donors (Lipinski definition) is 13. The van der Waals surface area contributed by atoms with Gasteiger partial charge in [-0.25, -0.2) is 55.4 Å². The molecule has 6 unspecified atom stereocenters. The van der Waals surface area contributed by atoms with Gasteiger partial charge in [-0.3, -0.25) is 28.8 Å². The number of benzene rings is 6. The van der Waals surface area contributed by atoms with E-state index in [2.05, 4.69) is 46.9 Å². The summed E-state index contributed by atoms with van der Waals surface area (Å²) in [7, 11) is -5.38. The highest BCUT2D eigenvalue weighted by atomic mass is 35.5. The van der Waals surface area contributed by atoms with Crippen molar-refractivity contribution in [2.75, 3.05) is 39.6 Å². The molecule has 0 radical (unpaired) electrons. The Balaban J connectivity index is 0.828. The molecule has 13 N–H and O–H groups in total. The number of rotatable bonds is 27. The second-order valence-corrected chi connectivity index (χ2v) is 28.2. The molecule has 28 nitrogen and oxygen atoms in total. The first-order valence-electron chi connectivity index (χ1n) is 32.9. The van der Waals surface area contributed by atoms with Crippen molar-refractivity contribution in [2.24, 2.45) is 0 Å². The third-order valence-electron chi connectivity index (χ3n) is 18.2. The van der Waals surface area contributed by atoms with Gasteiger partial charge in [-0.1, -0.05) is 71.2 Å². The average Bonchev–Trinajstić information content (AvgIpc) is 1.63. The van der Waals surface area contributed by atoms with Crippen molar-refractivity contribution in [1.82, 2.24) is 61.6 Å². The second kappa shape index (κ2) is 32.3. The number of aliphatic hydroxyl groups excluding tert-OH is 3. The number of fused-ring (bicyclic) bond motifs is 3. The number of H-pyrrole nitrogens is 3. The maximum Gasteiger partial charge on any atom is 0.572 e. The first-order valence-corrected chi connectivity index (χ1v) is 35.6. The molecule has 0 aliphatic carbocycles. The lowest BCUT2D eigenvalue weighted by atomic mass is 10.0. The Morgan fingerprint density at radius 2 is 0.700 bits per heavy atom. The highest BCUT2D eigenvalue weighted by molar-refractivity contribution is 7.55. The number of halogens is 9. The number of urea groups is 3. The Kier molecular flexibility index (Phi) is 23.1. The van der Waals surface area contributed by atoms with E-state index in [0.717, 1.165) is 18.2 Å². The summed E-state index contributed by atoms with van der Waals surface area (Å²) in [6, 6.07) is -0.414. The Hall–Kier alpha value is -11.0. The lowest BCUT2D eigenvalue weighted by Gasteiger charge is -2.28. The van der Waals surface area contributed by atoms with Crippen LogP contribution in [-0.2, 0) is 42.3 Å². The molecule has 38 heteroatoms.